The second-order valence-electron chi connectivity index (χ2n) is 5.75. The van der Waals surface area contributed by atoms with Gasteiger partial charge >= 0.3 is 6.18 Å². The van der Waals surface area contributed by atoms with Crippen LogP contribution in [-0.2, 0) is 21.0 Å². The molecule has 0 saturated carbocycles. The molecule has 0 unspecified atom stereocenters. The molecule has 1 amide bonds. The average molecular weight is 364 g/mol. The molecule has 1 aliphatic rings. The molecule has 0 aromatic heterocycles. The van der Waals surface area contributed by atoms with Crippen LogP contribution in [0.25, 0.3) is 0 Å². The van der Waals surface area contributed by atoms with Gasteiger partial charge in [-0.05, 0) is 44.4 Å². The first kappa shape index (κ1) is 18.7. The number of sulfonamides is 1. The van der Waals surface area contributed by atoms with E-state index >= 15 is 0 Å². The van der Waals surface area contributed by atoms with Gasteiger partial charge in [0.15, 0.2) is 0 Å². The highest BCUT2D eigenvalue weighted by molar-refractivity contribution is 7.89. The van der Waals surface area contributed by atoms with Gasteiger partial charge in [0.25, 0.3) is 0 Å². The van der Waals surface area contributed by atoms with Gasteiger partial charge in [-0.1, -0.05) is 6.07 Å². The second kappa shape index (κ2) is 7.10. The second-order valence-corrected chi connectivity index (χ2v) is 7.47. The van der Waals surface area contributed by atoms with E-state index in [1.807, 2.05) is 0 Å². The normalized spacial score (nSPS) is 17.6. The van der Waals surface area contributed by atoms with Crippen LogP contribution in [0.5, 0.6) is 0 Å². The molecule has 0 aliphatic carbocycles. The van der Waals surface area contributed by atoms with Crippen LogP contribution in [0.15, 0.2) is 29.2 Å². The molecule has 0 spiro atoms. The monoisotopic (exact) mass is 364 g/mol. The van der Waals surface area contributed by atoms with Crippen molar-refractivity contribution in [2.75, 3.05) is 13.1 Å². The molecule has 1 aromatic rings. The standard InChI is InChI=1S/C15H19F3N2O3S/c1-11(14(21)20-8-3-2-4-9-20)19-24(22,23)13-7-5-6-12(10-13)15(16,17)18/h5-7,10-11,19H,2-4,8-9H2,1H3/t11-/m0/s1. The Morgan fingerprint density at radius 2 is 1.83 bits per heavy atom. The number of piperidine rings is 1. The van der Waals surface area contributed by atoms with Gasteiger partial charge < -0.3 is 4.90 Å². The minimum Gasteiger partial charge on any atom is -0.341 e. The highest BCUT2D eigenvalue weighted by Gasteiger charge is 2.32. The number of carbonyl (C=O) groups excluding carboxylic acids is 1. The maximum Gasteiger partial charge on any atom is 0.416 e. The van der Waals surface area contributed by atoms with E-state index in [2.05, 4.69) is 4.72 Å². The number of amides is 1. The number of benzene rings is 1. The molecule has 2 rings (SSSR count). The number of hydrogen-bond donors (Lipinski definition) is 1. The summed E-state index contributed by atoms with van der Waals surface area (Å²) in [5, 5.41) is 0. The van der Waals surface area contributed by atoms with Crippen LogP contribution in [0.2, 0.25) is 0 Å². The number of halogens is 3. The topological polar surface area (TPSA) is 66.5 Å². The van der Waals surface area contributed by atoms with Gasteiger partial charge in [0.1, 0.15) is 0 Å². The van der Waals surface area contributed by atoms with Crippen LogP contribution in [0.3, 0.4) is 0 Å². The van der Waals surface area contributed by atoms with E-state index < -0.39 is 32.7 Å². The van der Waals surface area contributed by atoms with Crippen molar-refractivity contribution in [1.29, 1.82) is 0 Å². The Labute approximate surface area is 138 Å². The Morgan fingerprint density at radius 1 is 1.21 bits per heavy atom. The number of alkyl halides is 3. The fourth-order valence-electron chi connectivity index (χ4n) is 2.58. The lowest BCUT2D eigenvalue weighted by atomic mass is 10.1. The summed E-state index contributed by atoms with van der Waals surface area (Å²) < 4.78 is 64.8. The van der Waals surface area contributed by atoms with Crippen LogP contribution < -0.4 is 4.72 Å². The van der Waals surface area contributed by atoms with Gasteiger partial charge in [0.2, 0.25) is 15.9 Å². The molecule has 9 heteroatoms. The molecular formula is C15H19F3N2O3S. The van der Waals surface area contributed by atoms with E-state index in [4.69, 9.17) is 0 Å². The molecule has 1 atom stereocenters. The average Bonchev–Trinajstić information content (AvgIpc) is 2.54. The largest absolute Gasteiger partial charge is 0.416 e. The summed E-state index contributed by atoms with van der Waals surface area (Å²) in [7, 11) is -4.22. The first-order chi connectivity index (χ1) is 11.1. The SMILES string of the molecule is C[C@H](NS(=O)(=O)c1cccc(C(F)(F)F)c1)C(=O)N1CCCCC1. The minimum absolute atomic E-state index is 0.370. The Kier molecular flexibility index (Phi) is 5.54. The lowest BCUT2D eigenvalue weighted by molar-refractivity contribution is -0.137. The lowest BCUT2D eigenvalue weighted by Crippen LogP contribution is -2.48. The highest BCUT2D eigenvalue weighted by Crippen LogP contribution is 2.30. The molecule has 1 fully saturated rings. The molecule has 134 valence electrons. The number of likely N-dealkylation sites (tertiary alicyclic amines) is 1. The van der Waals surface area contributed by atoms with Gasteiger partial charge in [0, 0.05) is 13.1 Å². The zero-order valence-corrected chi connectivity index (χ0v) is 14.0. The predicted octanol–water partition coefficient (Wildman–Crippen LogP) is 2.38. The zero-order chi connectivity index (χ0) is 18.0. The molecule has 1 aliphatic heterocycles. The molecule has 1 aromatic carbocycles. The van der Waals surface area contributed by atoms with E-state index in [-0.39, 0.29) is 5.91 Å². The third-order valence-electron chi connectivity index (χ3n) is 3.84. The van der Waals surface area contributed by atoms with Gasteiger partial charge in [0.05, 0.1) is 16.5 Å². The van der Waals surface area contributed by atoms with Crippen molar-refractivity contribution in [3.05, 3.63) is 29.8 Å². The van der Waals surface area contributed by atoms with Gasteiger partial charge in [-0.25, -0.2) is 8.42 Å². The first-order valence-electron chi connectivity index (χ1n) is 7.59. The maximum atomic E-state index is 12.7. The van der Waals surface area contributed by atoms with Gasteiger partial charge in [-0.3, -0.25) is 4.79 Å². The van der Waals surface area contributed by atoms with Crippen molar-refractivity contribution >= 4 is 15.9 Å². The van der Waals surface area contributed by atoms with Crippen molar-refractivity contribution in [1.82, 2.24) is 9.62 Å². The van der Waals surface area contributed by atoms with E-state index in [1.165, 1.54) is 6.92 Å². The van der Waals surface area contributed by atoms with Crippen LogP contribution in [0.4, 0.5) is 13.2 Å². The quantitative estimate of drug-likeness (QED) is 0.892. The van der Waals surface area contributed by atoms with Crippen molar-refractivity contribution in [3.8, 4) is 0 Å². The molecule has 1 saturated heterocycles. The van der Waals surface area contributed by atoms with Crippen LogP contribution in [0.1, 0.15) is 31.7 Å². The summed E-state index contributed by atoms with van der Waals surface area (Å²) >= 11 is 0. The lowest BCUT2D eigenvalue weighted by Gasteiger charge is -2.29. The van der Waals surface area contributed by atoms with Crippen molar-refractivity contribution in [2.24, 2.45) is 0 Å². The minimum atomic E-state index is -4.64. The molecule has 1 N–H and O–H groups in total. The Hall–Kier alpha value is -1.61. The summed E-state index contributed by atoms with van der Waals surface area (Å²) in [5.74, 6) is -0.370. The number of nitrogens with zero attached hydrogens (tertiary/aromatic N) is 1. The van der Waals surface area contributed by atoms with Crippen LogP contribution in [-0.4, -0.2) is 38.4 Å². The van der Waals surface area contributed by atoms with Crippen LogP contribution >= 0.6 is 0 Å². The first-order valence-corrected chi connectivity index (χ1v) is 9.08. The summed E-state index contributed by atoms with van der Waals surface area (Å²) in [6.07, 6.45) is -1.90. The summed E-state index contributed by atoms with van der Waals surface area (Å²) in [6.45, 7) is 2.52. The van der Waals surface area contributed by atoms with E-state index in [1.54, 1.807) is 4.90 Å². The molecule has 24 heavy (non-hydrogen) atoms. The fourth-order valence-corrected chi connectivity index (χ4v) is 3.82. The van der Waals surface area contributed by atoms with Gasteiger partial charge in [-0.15, -0.1) is 0 Å². The zero-order valence-electron chi connectivity index (χ0n) is 13.1. The molecule has 5 nitrogen and oxygen atoms in total. The van der Waals surface area contributed by atoms with E-state index in [0.717, 1.165) is 37.5 Å². The number of rotatable bonds is 4. The summed E-state index contributed by atoms with van der Waals surface area (Å²) in [6, 6.07) is 2.40. The number of hydrogen-bond acceptors (Lipinski definition) is 3. The Balaban J connectivity index is 2.14. The third kappa shape index (κ3) is 4.47. The maximum absolute atomic E-state index is 12.7. The van der Waals surface area contributed by atoms with E-state index in [0.29, 0.717) is 19.2 Å². The highest BCUT2D eigenvalue weighted by atomic mass is 32.2. The van der Waals surface area contributed by atoms with Crippen molar-refractivity contribution in [2.45, 2.75) is 43.3 Å². The van der Waals surface area contributed by atoms with Crippen LogP contribution in [0, 0.1) is 0 Å². The molecular weight excluding hydrogens is 345 g/mol. The van der Waals surface area contributed by atoms with Gasteiger partial charge in [-0.2, -0.15) is 17.9 Å². The van der Waals surface area contributed by atoms with Crippen molar-refractivity contribution in [3.63, 3.8) is 0 Å². The number of nitrogens with one attached hydrogen (secondary N) is 1. The molecule has 0 radical (unpaired) electrons. The Morgan fingerprint density at radius 3 is 2.42 bits per heavy atom. The van der Waals surface area contributed by atoms with Crippen molar-refractivity contribution < 1.29 is 26.4 Å². The molecule has 1 heterocycles. The fraction of sp³-hybridized carbons (Fsp3) is 0.533. The van der Waals surface area contributed by atoms with E-state index in [9.17, 15) is 26.4 Å². The summed E-state index contributed by atoms with van der Waals surface area (Å²) in [5.41, 5.74) is -1.06. The predicted molar refractivity (Wildman–Crippen MR) is 81.7 cm³/mol. The summed E-state index contributed by atoms with van der Waals surface area (Å²) in [4.78, 5) is 13.3. The number of carbonyl (C=O) groups is 1. The molecule has 0 bridgehead atoms. The smallest absolute Gasteiger partial charge is 0.341 e. The Bertz CT molecular complexity index is 698. The third-order valence-corrected chi connectivity index (χ3v) is 5.38.